The molecule has 51 heteroatoms. The number of guanidine groups is 1. The van der Waals surface area contributed by atoms with E-state index in [1.165, 1.54) is 48.5 Å². The van der Waals surface area contributed by atoms with Crippen LogP contribution >= 0.6 is 0 Å². The van der Waals surface area contributed by atoms with E-state index in [2.05, 4.69) is 79.8 Å². The molecule has 0 saturated carbocycles. The van der Waals surface area contributed by atoms with Gasteiger partial charge in [-0.1, -0.05) is 58.4 Å². The predicted octanol–water partition coefficient (Wildman–Crippen LogP) is -11.6. The number of amides is 16. The second kappa shape index (κ2) is 59.1. The minimum absolute atomic E-state index is 0.0892. The van der Waals surface area contributed by atoms with Gasteiger partial charge in [0, 0.05) is 38.8 Å². The van der Waals surface area contributed by atoms with Crippen LogP contribution in [0.25, 0.3) is 0 Å². The molecule has 0 unspecified atom stereocenters. The van der Waals surface area contributed by atoms with Gasteiger partial charge in [0.05, 0.1) is 30.8 Å². The van der Waals surface area contributed by atoms with E-state index >= 15 is 0 Å². The number of aliphatic hydroxyl groups is 3. The SMILES string of the molecule is CC[C@H](C)[C@H](NC(=O)[C@@H]1C[C@@H](O)CN1C(=O)[C@@H](N)C(C)C)C(=O)N[C@@H](CCC(=O)O)C(=O)N[C@@H](Cc1ccc(O)cc1)C(=O)N[C@H](C(=O)N[C@@H](CC(N)=O)C(=O)N[C@@H](CCCNC(=N)N)C(=O)N[C@@H](CCN)C(=O)N[C@H](C(=O)N[C@H](CCN)C(=O)N[C@@H](CCCCN)C(=O)N[C@@H](CCN)C(=O)N[C@@H](CCN)C(=O)N[C@@H](CCN)C(=O)N[C@@H](Cc1ccc(O)cc1)C(=O)O)[C@@H](C)O)[C@@H](C)O. The van der Waals surface area contributed by atoms with Crippen LogP contribution in [0.2, 0.25) is 0 Å². The smallest absolute Gasteiger partial charge is 0.326 e. The van der Waals surface area contributed by atoms with E-state index in [0.717, 1.165) is 18.7 Å². The van der Waals surface area contributed by atoms with E-state index in [9.17, 15) is 122 Å². The molecule has 1 saturated heterocycles. The fraction of sp³-hybridized carbons (Fsp3) is 0.627. The molecule has 1 aliphatic heterocycles. The summed E-state index contributed by atoms with van der Waals surface area (Å²) in [6.45, 7) is 7.05. The summed E-state index contributed by atoms with van der Waals surface area (Å²) in [5, 5.41) is 116. The molecule has 1 fully saturated rings. The van der Waals surface area contributed by atoms with E-state index in [1.807, 2.05) is 0 Å². The van der Waals surface area contributed by atoms with Crippen molar-refractivity contribution in [1.82, 2.24) is 84.7 Å². The highest BCUT2D eigenvalue weighted by Crippen LogP contribution is 2.23. The first-order chi connectivity index (χ1) is 63.2. The van der Waals surface area contributed by atoms with Gasteiger partial charge in [-0.3, -0.25) is 86.9 Å². The first kappa shape index (κ1) is 116. The Kier molecular flexibility index (Phi) is 51.0. The standard InChI is InChI=1S/C83H138N26O25/c1-7-41(4)64(106-77(128)60-37-48(114)39-109(60)81(132)63(91)40(2)3)78(129)101-51(21-22-62(116)117)69(120)103-57(35-44-13-17-46(112)18-14-44)76(127)108-66(43(6)111)80(131)104-58(38-61(90)115)75(126)96-50(12-10-34-94-83(92)93)68(119)100-56(27-33-89)74(125)107-65(42(5)110)79(130)102-55(26-32-88)72(123)95-49(11-8-9-28-84)67(118)97-52(23-29-85)70(121)98-53(24-30-86)71(122)99-54(25-31-87)73(124)105-59(82(133)134)36-45-15-19-47(113)20-16-45/h13-20,40-43,48-60,63-66,110-114H,7-12,21-39,84-89,91H2,1-6H3,(H2,90,115)(H,95,123)(H,96,126)(H,97,118)(H,98,121)(H,99,122)(H,100,119)(H,101,129)(H,102,130)(H,103,120)(H,104,131)(H,105,124)(H,106,128)(H,107,125)(H,108,127)(H,116,117)(H,133,134)(H4,92,93,94)/t41-,42+,43+,48+,49-,50-,51-,52-,53-,54-,55+,56-,57-,58-,59-,60-,63-,64-,65-,66-/m0/s1. The summed E-state index contributed by atoms with van der Waals surface area (Å²) in [6.07, 6.45) is -9.80. The van der Waals surface area contributed by atoms with Crippen molar-refractivity contribution >= 4 is 112 Å². The van der Waals surface area contributed by atoms with Gasteiger partial charge < -0.3 is 172 Å². The number of phenols is 2. The third-order valence-electron chi connectivity index (χ3n) is 21.7. The molecule has 2 aromatic carbocycles. The number of likely N-dealkylation sites (tertiary alicyclic amines) is 1. The van der Waals surface area contributed by atoms with Crippen molar-refractivity contribution in [3.8, 4) is 11.5 Å². The van der Waals surface area contributed by atoms with Crippen LogP contribution in [0, 0.1) is 17.2 Å². The predicted molar refractivity (Wildman–Crippen MR) is 481 cm³/mol. The van der Waals surface area contributed by atoms with Crippen LogP contribution in [-0.2, 0) is 99.1 Å². The maximum atomic E-state index is 14.7. The third kappa shape index (κ3) is 39.7. The summed E-state index contributed by atoms with van der Waals surface area (Å²) in [5.74, 6) is -22.4. The van der Waals surface area contributed by atoms with E-state index < -0.39 is 272 Å². The minimum atomic E-state index is -2.13. The lowest BCUT2D eigenvalue weighted by molar-refractivity contribution is -0.142. The van der Waals surface area contributed by atoms with Crippen molar-refractivity contribution in [3.05, 3.63) is 59.7 Å². The van der Waals surface area contributed by atoms with E-state index in [-0.39, 0.29) is 140 Å². The molecule has 750 valence electrons. The molecule has 16 amide bonds. The zero-order valence-electron chi connectivity index (χ0n) is 76.0. The molecule has 41 N–H and O–H groups in total. The quantitative estimate of drug-likeness (QED) is 0.0166. The Bertz CT molecular complexity index is 4270. The molecule has 134 heavy (non-hydrogen) atoms. The Morgan fingerprint density at radius 3 is 1.10 bits per heavy atom. The van der Waals surface area contributed by atoms with Gasteiger partial charge in [0.15, 0.2) is 5.96 Å². The highest BCUT2D eigenvalue weighted by molar-refractivity contribution is 6.02. The molecule has 2 aromatic rings. The monoisotopic (exact) mass is 1900 g/mol. The van der Waals surface area contributed by atoms with Crippen molar-refractivity contribution in [1.29, 1.82) is 5.41 Å². The van der Waals surface area contributed by atoms with Crippen molar-refractivity contribution < 1.29 is 122 Å². The summed E-state index contributed by atoms with van der Waals surface area (Å²) in [6, 6.07) is -15.7. The number of carboxylic acid groups (broad SMARTS) is 2. The number of aliphatic hydroxyl groups excluding tert-OH is 3. The third-order valence-corrected chi connectivity index (χ3v) is 21.7. The van der Waals surface area contributed by atoms with Crippen molar-refractivity contribution in [3.63, 3.8) is 0 Å². The Balaban J connectivity index is 1.93. The maximum Gasteiger partial charge on any atom is 0.326 e. The number of carboxylic acids is 2. The van der Waals surface area contributed by atoms with Crippen LogP contribution in [0.5, 0.6) is 11.5 Å². The zero-order chi connectivity index (χ0) is 101. The number of primary amides is 1. The lowest BCUT2D eigenvalue weighted by atomic mass is 9.96. The number of nitrogens with zero attached hydrogens (tertiary/aromatic N) is 1. The molecule has 51 nitrogen and oxygen atoms in total. The van der Waals surface area contributed by atoms with Gasteiger partial charge in [0.2, 0.25) is 94.5 Å². The minimum Gasteiger partial charge on any atom is -0.508 e. The summed E-state index contributed by atoms with van der Waals surface area (Å²) in [5.41, 5.74) is 53.0. The maximum absolute atomic E-state index is 14.7. The molecule has 3 rings (SSSR count). The summed E-state index contributed by atoms with van der Waals surface area (Å²) in [7, 11) is 0. The van der Waals surface area contributed by atoms with Crippen LogP contribution in [0.4, 0.5) is 0 Å². The van der Waals surface area contributed by atoms with E-state index in [0.29, 0.717) is 12.0 Å². The van der Waals surface area contributed by atoms with Gasteiger partial charge in [0.25, 0.3) is 0 Å². The average molecular weight is 1900 g/mol. The lowest BCUT2D eigenvalue weighted by Gasteiger charge is -2.31. The van der Waals surface area contributed by atoms with Crippen molar-refractivity contribution in [2.45, 2.75) is 266 Å². The van der Waals surface area contributed by atoms with Crippen LogP contribution in [0.3, 0.4) is 0 Å². The van der Waals surface area contributed by atoms with Gasteiger partial charge in [-0.25, -0.2) is 4.79 Å². The highest BCUT2D eigenvalue weighted by Gasteiger charge is 2.45. The highest BCUT2D eigenvalue weighted by atomic mass is 16.4. The molecule has 0 aromatic heterocycles. The first-order valence-corrected chi connectivity index (χ1v) is 44.1. The molecule has 0 radical (unpaired) electrons. The number of rotatable bonds is 62. The number of phenolic OH excluding ortho intramolecular Hbond substituents is 2. The van der Waals surface area contributed by atoms with Gasteiger partial charge in [-0.2, -0.15) is 0 Å². The number of hydrogen-bond donors (Lipinski definition) is 32. The van der Waals surface area contributed by atoms with Crippen LogP contribution in [-0.4, -0.2) is 320 Å². The summed E-state index contributed by atoms with van der Waals surface area (Å²) in [4.78, 5) is 252. The number of nitrogens with one attached hydrogen (secondary N) is 16. The number of benzene rings is 2. The summed E-state index contributed by atoms with van der Waals surface area (Å²) >= 11 is 0. The van der Waals surface area contributed by atoms with Crippen molar-refractivity contribution in [2.24, 2.45) is 63.4 Å². The Labute approximate surface area is 774 Å². The van der Waals surface area contributed by atoms with E-state index in [4.69, 9.17) is 57.0 Å². The Morgan fingerprint density at radius 1 is 0.418 bits per heavy atom. The van der Waals surface area contributed by atoms with Gasteiger partial charge in [-0.05, 0) is 171 Å². The Hall–Kier alpha value is -12.6. The molecule has 0 spiro atoms. The normalized spacial score (nSPS) is 16.9. The lowest BCUT2D eigenvalue weighted by Crippen LogP contribution is -2.63. The van der Waals surface area contributed by atoms with E-state index in [1.54, 1.807) is 27.7 Å². The average Bonchev–Trinajstić information content (AvgIpc) is 1.65. The number of hydrogen-bond acceptors (Lipinski definition) is 31. The molecule has 1 heterocycles. The fourth-order valence-electron chi connectivity index (χ4n) is 13.8. The van der Waals surface area contributed by atoms with Gasteiger partial charge in [0.1, 0.15) is 102 Å². The topological polar surface area (TPSA) is 891 Å². The largest absolute Gasteiger partial charge is 0.508 e. The second-order valence-electron chi connectivity index (χ2n) is 33.0. The fourth-order valence-corrected chi connectivity index (χ4v) is 13.8. The molecule has 1 aliphatic rings. The molecular formula is C83H138N26O25. The van der Waals surface area contributed by atoms with Crippen molar-refractivity contribution in [2.75, 3.05) is 52.4 Å². The number of aromatic hydroxyl groups is 2. The molecular weight excluding hydrogens is 1760 g/mol. The van der Waals surface area contributed by atoms with Crippen LogP contribution < -0.4 is 131 Å². The number of carbonyl (C=O) groups excluding carboxylic acids is 16. The summed E-state index contributed by atoms with van der Waals surface area (Å²) < 4.78 is 0. The number of β-amino-alcohol motifs (C(OH)–C–C–N with tert-alkyl or cyclic N) is 1. The first-order valence-electron chi connectivity index (χ1n) is 44.1. The Morgan fingerprint density at radius 2 is 0.746 bits per heavy atom. The van der Waals surface area contributed by atoms with Crippen LogP contribution in [0.15, 0.2) is 48.5 Å². The molecule has 0 aliphatic carbocycles. The number of aliphatic carboxylic acids is 2. The van der Waals surface area contributed by atoms with Crippen LogP contribution in [0.1, 0.15) is 149 Å². The van der Waals surface area contributed by atoms with Gasteiger partial charge in [-0.15, -0.1) is 0 Å². The number of nitrogens with two attached hydrogens (primary N) is 9. The zero-order valence-corrected chi connectivity index (χ0v) is 76.0. The number of carbonyl (C=O) groups is 18. The number of unbranched alkanes of at least 4 members (excludes halogenated alkanes) is 1. The van der Waals surface area contributed by atoms with Gasteiger partial charge >= 0.3 is 11.9 Å². The second-order valence-corrected chi connectivity index (χ2v) is 33.0. The molecule has 20 atom stereocenters. The molecule has 0 bridgehead atoms.